The second-order valence-corrected chi connectivity index (χ2v) is 14.7. The molecule has 1 aliphatic carbocycles. The van der Waals surface area contributed by atoms with Gasteiger partial charge in [-0.05, 0) is 116 Å². The lowest BCUT2D eigenvalue weighted by atomic mass is 9.63. The van der Waals surface area contributed by atoms with Gasteiger partial charge in [-0.2, -0.15) is 0 Å². The molecule has 1 nitrogen and oxygen atoms in total. The third-order valence-corrected chi connectivity index (χ3v) is 11.4. The minimum atomic E-state index is -0.576. The highest BCUT2D eigenvalue weighted by molar-refractivity contribution is 5.93. The molecule has 2 atom stereocenters. The Labute approximate surface area is 347 Å². The topological polar surface area (TPSA) is 3.24 Å². The van der Waals surface area contributed by atoms with E-state index in [4.69, 9.17) is 0 Å². The van der Waals surface area contributed by atoms with Crippen molar-refractivity contribution >= 4 is 28.7 Å². The third kappa shape index (κ3) is 6.61. The van der Waals surface area contributed by atoms with Crippen molar-refractivity contribution in [2.45, 2.75) is 11.8 Å². The second-order valence-electron chi connectivity index (χ2n) is 14.7. The molecule has 0 aliphatic heterocycles. The van der Waals surface area contributed by atoms with Crippen molar-refractivity contribution in [1.29, 1.82) is 0 Å². The number of rotatable bonds is 12. The van der Waals surface area contributed by atoms with Crippen LogP contribution in [0.1, 0.15) is 43.9 Å². The summed E-state index contributed by atoms with van der Waals surface area (Å²) in [7, 11) is 0. The molecule has 0 fully saturated rings. The zero-order chi connectivity index (χ0) is 41.9. The van der Waals surface area contributed by atoms with Crippen LogP contribution in [0.25, 0.3) is 33.9 Å². The number of hydrogen-bond acceptors (Lipinski definition) is 1. The lowest BCUT2D eigenvalue weighted by molar-refractivity contribution is 0.461. The molecule has 1 heteroatoms. The van der Waals surface area contributed by atoms with E-state index in [0.29, 0.717) is 22.9 Å². The van der Waals surface area contributed by atoms with E-state index in [0.717, 1.165) is 51.2 Å². The van der Waals surface area contributed by atoms with Gasteiger partial charge in [0.25, 0.3) is 0 Å². The van der Waals surface area contributed by atoms with E-state index < -0.39 is 5.41 Å². The highest BCUT2D eigenvalue weighted by atomic mass is 15.1. The lowest BCUT2D eigenvalue weighted by Gasteiger charge is -2.39. The lowest BCUT2D eigenvalue weighted by Crippen LogP contribution is -2.35. The molecule has 0 aromatic heterocycles. The summed E-state index contributed by atoms with van der Waals surface area (Å²) in [5.74, 6) is -0.0126. The first-order chi connectivity index (χ1) is 29.9. The van der Waals surface area contributed by atoms with Gasteiger partial charge in [-0.3, -0.25) is 0 Å². The monoisotopic (exact) mass is 746 g/mol. The van der Waals surface area contributed by atoms with Crippen LogP contribution in [0.2, 0.25) is 0 Å². The molecule has 9 rings (SSSR count). The van der Waals surface area contributed by atoms with Crippen LogP contribution < -0.4 is 4.90 Å². The summed E-state index contributed by atoms with van der Waals surface area (Å²) in [6.45, 7) is 8.59. The highest BCUT2D eigenvalue weighted by Crippen LogP contribution is 2.58. The fourth-order valence-corrected chi connectivity index (χ4v) is 8.77. The molecule has 0 saturated carbocycles. The molecule has 0 bridgehead atoms. The molecule has 1 aliphatic rings. The first kappa shape index (κ1) is 33.0. The van der Waals surface area contributed by atoms with Crippen LogP contribution in [0.15, 0.2) is 238 Å². The van der Waals surface area contributed by atoms with E-state index in [1.54, 1.807) is 12.1 Å². The maximum absolute atomic E-state index is 9.81. The van der Waals surface area contributed by atoms with E-state index >= 15 is 0 Å². The standard InChI is InChI=1S/C57H45N/c1-3-19-47(4-2)57(48-26-15-8-16-27-48)55-29-18-17-28-52(55)53-39-38-51(41-56(53)57)58(49-34-30-44(31-35-49)43-22-11-6-12-23-43)50-36-32-46(33-37-50)54(45-24-13-7-14-25-45)40-42-20-9-5-10-21-42/h3-18,20-41,47H,1-2,19H2/b54-40+/i32D,37D,40D. The molecule has 0 amide bonds. The molecule has 0 N–H and O–H groups in total. The molecule has 0 spiro atoms. The number of benzene rings is 8. The first-order valence-corrected chi connectivity index (χ1v) is 19.9. The van der Waals surface area contributed by atoms with Gasteiger partial charge in [-0.1, -0.05) is 188 Å². The van der Waals surface area contributed by atoms with Gasteiger partial charge in [0, 0.05) is 17.1 Å². The van der Waals surface area contributed by atoms with Gasteiger partial charge in [0.05, 0.1) is 9.53 Å². The van der Waals surface area contributed by atoms with E-state index in [9.17, 15) is 4.11 Å². The summed E-state index contributed by atoms with van der Waals surface area (Å²) in [6.07, 6.45) is 4.79. The number of hydrogen-bond donors (Lipinski definition) is 0. The summed E-state index contributed by atoms with van der Waals surface area (Å²) in [6, 6.07) is 68.5. The predicted molar refractivity (Wildman–Crippen MR) is 247 cm³/mol. The number of fused-ring (bicyclic) bond motifs is 3. The Balaban J connectivity index is 1.28. The normalized spacial score (nSPS) is 15.8. The molecule has 8 aromatic carbocycles. The van der Waals surface area contributed by atoms with Crippen molar-refractivity contribution < 1.29 is 4.11 Å². The van der Waals surface area contributed by atoms with Crippen molar-refractivity contribution in [2.75, 3.05) is 4.90 Å². The molecular formula is C57H45N. The molecule has 2 unspecified atom stereocenters. The molecule has 0 saturated heterocycles. The molecular weight excluding hydrogens is 699 g/mol. The van der Waals surface area contributed by atoms with Crippen molar-refractivity contribution in [3.05, 3.63) is 271 Å². The second kappa shape index (κ2) is 16.1. The molecule has 0 heterocycles. The average molecular weight is 747 g/mol. The number of allylic oxidation sites excluding steroid dienone is 2. The summed E-state index contributed by atoms with van der Waals surface area (Å²) >= 11 is 0. The fourth-order valence-electron chi connectivity index (χ4n) is 8.77. The van der Waals surface area contributed by atoms with E-state index in [-0.39, 0.29) is 18.0 Å². The summed E-state index contributed by atoms with van der Waals surface area (Å²) in [4.78, 5) is 2.11. The van der Waals surface area contributed by atoms with E-state index in [1.807, 2.05) is 84.9 Å². The maximum Gasteiger partial charge on any atom is 0.0645 e. The van der Waals surface area contributed by atoms with Crippen LogP contribution in [-0.4, -0.2) is 0 Å². The van der Waals surface area contributed by atoms with Gasteiger partial charge in [0.1, 0.15) is 0 Å². The molecule has 278 valence electrons. The van der Waals surface area contributed by atoms with Gasteiger partial charge >= 0.3 is 0 Å². The van der Waals surface area contributed by atoms with Crippen molar-refractivity contribution in [3.8, 4) is 22.3 Å². The smallest absolute Gasteiger partial charge is 0.0645 e. The van der Waals surface area contributed by atoms with Crippen LogP contribution in [0.3, 0.4) is 0 Å². The van der Waals surface area contributed by atoms with E-state index in [1.165, 1.54) is 16.7 Å². The van der Waals surface area contributed by atoms with Crippen molar-refractivity contribution in [2.24, 2.45) is 5.92 Å². The van der Waals surface area contributed by atoms with Crippen molar-refractivity contribution in [1.82, 2.24) is 0 Å². The quantitative estimate of drug-likeness (QED) is 0.0889. The summed E-state index contributed by atoms with van der Waals surface area (Å²) in [5.41, 5.74) is 12.5. The zero-order valence-electron chi connectivity index (χ0n) is 35.4. The summed E-state index contributed by atoms with van der Waals surface area (Å²) < 4.78 is 28.9. The fraction of sp³-hybridized carbons (Fsp3) is 0.0526. The van der Waals surface area contributed by atoms with Crippen molar-refractivity contribution in [3.63, 3.8) is 0 Å². The average Bonchev–Trinajstić information content (AvgIpc) is 3.61. The zero-order valence-corrected chi connectivity index (χ0v) is 32.4. The minimum Gasteiger partial charge on any atom is -0.310 e. The number of nitrogens with zero attached hydrogens (tertiary/aromatic N) is 1. The van der Waals surface area contributed by atoms with Crippen LogP contribution in [0.4, 0.5) is 17.1 Å². The van der Waals surface area contributed by atoms with E-state index in [2.05, 4.69) is 133 Å². The van der Waals surface area contributed by atoms with Gasteiger partial charge in [-0.15, -0.1) is 13.2 Å². The summed E-state index contributed by atoms with van der Waals surface area (Å²) in [5, 5.41) is 0. The van der Waals surface area contributed by atoms with Crippen LogP contribution in [-0.2, 0) is 5.41 Å². The van der Waals surface area contributed by atoms with Gasteiger partial charge in [0.2, 0.25) is 0 Å². The van der Waals surface area contributed by atoms with Gasteiger partial charge in [0.15, 0.2) is 0 Å². The Morgan fingerprint density at radius 2 is 1.16 bits per heavy atom. The van der Waals surface area contributed by atoms with Crippen LogP contribution >= 0.6 is 0 Å². The molecule has 58 heavy (non-hydrogen) atoms. The SMILES string of the molecule is [2H]/C(=C(/c1ccccc1)c1cc([2H])c(N(c2ccc(-c3ccccc3)cc2)c2ccc3c(c2)C(c2ccccc2)(C(C=C)CC=C)c2ccccc2-3)cc1[2H])c1ccccc1. The van der Waals surface area contributed by atoms with Gasteiger partial charge in [-0.25, -0.2) is 0 Å². The Morgan fingerprint density at radius 1 is 0.552 bits per heavy atom. The Kier molecular flexibility index (Phi) is 9.15. The van der Waals surface area contributed by atoms with Crippen LogP contribution in [0, 0.1) is 5.92 Å². The highest BCUT2D eigenvalue weighted by Gasteiger charge is 2.48. The number of anilines is 3. The predicted octanol–water partition coefficient (Wildman–Crippen LogP) is 15.1. The Hall–Kier alpha value is -7.22. The Morgan fingerprint density at radius 3 is 1.86 bits per heavy atom. The third-order valence-electron chi connectivity index (χ3n) is 11.4. The molecule has 8 aromatic rings. The molecule has 0 radical (unpaired) electrons. The largest absolute Gasteiger partial charge is 0.310 e. The first-order valence-electron chi connectivity index (χ1n) is 21.4. The van der Waals surface area contributed by atoms with Gasteiger partial charge < -0.3 is 4.90 Å². The Bertz CT molecular complexity index is 2890. The van der Waals surface area contributed by atoms with Crippen LogP contribution in [0.5, 0.6) is 0 Å². The minimum absolute atomic E-state index is 0.0126. The maximum atomic E-state index is 9.81.